The number of halogens is 3. The Balaban J connectivity index is 0.000000246. The molecule has 0 bridgehead atoms. The molecule has 0 saturated heterocycles. The lowest BCUT2D eigenvalue weighted by Crippen LogP contribution is -1.99. The summed E-state index contributed by atoms with van der Waals surface area (Å²) in [7, 11) is 1.76. The molecular weight excluding hydrogens is 351 g/mol. The van der Waals surface area contributed by atoms with Crippen molar-refractivity contribution in [3.05, 3.63) is 46.2 Å². The van der Waals surface area contributed by atoms with Gasteiger partial charge in [-0.15, -0.1) is 5.10 Å². The monoisotopic (exact) mass is 358 g/mol. The third kappa shape index (κ3) is 5.06. The van der Waals surface area contributed by atoms with E-state index in [-0.39, 0.29) is 16.5 Å². The van der Waals surface area contributed by atoms with Gasteiger partial charge < -0.3 is 5.32 Å². The molecule has 0 saturated carbocycles. The maximum absolute atomic E-state index is 5.95. The number of tetrazole rings is 1. The molecule has 3 aromatic rings. The summed E-state index contributed by atoms with van der Waals surface area (Å²) in [6.07, 6.45) is 1.53. The molecule has 1 aromatic carbocycles. The largest absolute Gasteiger partial charge is 0.323 e. The molecule has 0 aliphatic heterocycles. The molecule has 0 aliphatic carbocycles. The third-order valence-electron chi connectivity index (χ3n) is 2.15. The van der Waals surface area contributed by atoms with Gasteiger partial charge in [0.1, 0.15) is 6.33 Å². The fourth-order valence-corrected chi connectivity index (χ4v) is 1.82. The zero-order valence-electron chi connectivity index (χ0n) is 11.2. The number of hydrogen-bond donors (Lipinski definition) is 1. The lowest BCUT2D eigenvalue weighted by atomic mass is 10.3. The minimum atomic E-state index is 0.0227. The second kappa shape index (κ2) is 7.83. The van der Waals surface area contributed by atoms with E-state index in [1.165, 1.54) is 11.0 Å². The van der Waals surface area contributed by atoms with Gasteiger partial charge in [0, 0.05) is 7.05 Å². The van der Waals surface area contributed by atoms with E-state index >= 15 is 0 Å². The highest BCUT2D eigenvalue weighted by Crippen LogP contribution is 2.23. The highest BCUT2D eigenvalue weighted by atomic mass is 35.5. The van der Waals surface area contributed by atoms with Crippen LogP contribution in [0.4, 0.5) is 11.6 Å². The minimum Gasteiger partial charge on any atom is -0.323 e. The number of aromatic nitrogens is 7. The summed E-state index contributed by atoms with van der Waals surface area (Å²) in [4.78, 5) is 11.4. The van der Waals surface area contributed by atoms with Gasteiger partial charge in [-0.25, -0.2) is 4.68 Å². The van der Waals surface area contributed by atoms with Gasteiger partial charge in [-0.1, -0.05) is 23.7 Å². The molecule has 22 heavy (non-hydrogen) atoms. The molecule has 114 valence electrons. The lowest BCUT2D eigenvalue weighted by Gasteiger charge is -2.06. The zero-order chi connectivity index (χ0) is 15.9. The Morgan fingerprint density at radius 2 is 1.68 bits per heavy atom. The predicted octanol–water partition coefficient (Wildman–Crippen LogP) is 2.79. The number of nitrogens with one attached hydrogen (secondary N) is 1. The molecule has 0 spiro atoms. The average Bonchev–Trinajstić information content (AvgIpc) is 2.92. The van der Waals surface area contributed by atoms with Crippen molar-refractivity contribution < 1.29 is 0 Å². The molecule has 11 heteroatoms. The standard InChI is InChI=1S/C9H5Cl3N4.C2H4N4/c10-5-3-1-2-4-6(5)13-9-15-7(11)14-8(12)16-9;1-6-2-3-4-5-6/h1-4H,(H,13,14,15,16);2H,1H3. The fraction of sp³-hybridized carbons (Fsp3) is 0.0909. The number of aryl methyl sites for hydroxylation is 1. The first-order valence-electron chi connectivity index (χ1n) is 5.80. The van der Waals surface area contributed by atoms with Crippen molar-refractivity contribution in [2.45, 2.75) is 0 Å². The van der Waals surface area contributed by atoms with Gasteiger partial charge in [0.15, 0.2) is 0 Å². The Hall–Kier alpha value is -2.03. The Morgan fingerprint density at radius 3 is 2.18 bits per heavy atom. The number of benzene rings is 1. The second-order valence-corrected chi connectivity index (χ2v) is 4.87. The Labute approximate surface area is 140 Å². The van der Waals surface area contributed by atoms with Crippen molar-refractivity contribution in [3.63, 3.8) is 0 Å². The quantitative estimate of drug-likeness (QED) is 0.751. The summed E-state index contributed by atoms with van der Waals surface area (Å²) >= 11 is 17.2. The van der Waals surface area contributed by atoms with Crippen molar-refractivity contribution in [2.75, 3.05) is 5.32 Å². The smallest absolute Gasteiger partial charge is 0.232 e. The van der Waals surface area contributed by atoms with Crippen molar-refractivity contribution >= 4 is 46.4 Å². The van der Waals surface area contributed by atoms with E-state index in [1.807, 2.05) is 12.1 Å². The van der Waals surface area contributed by atoms with Crippen LogP contribution in [-0.4, -0.2) is 35.2 Å². The average molecular weight is 360 g/mol. The molecule has 0 unspecified atom stereocenters. The van der Waals surface area contributed by atoms with Gasteiger partial charge in [0.25, 0.3) is 0 Å². The van der Waals surface area contributed by atoms with Gasteiger partial charge in [-0.05, 0) is 45.8 Å². The first-order valence-corrected chi connectivity index (χ1v) is 6.93. The number of hydrogen-bond acceptors (Lipinski definition) is 7. The van der Waals surface area contributed by atoms with Crippen LogP contribution in [0.1, 0.15) is 0 Å². The van der Waals surface area contributed by atoms with Crippen molar-refractivity contribution in [1.82, 2.24) is 35.2 Å². The first kappa shape index (κ1) is 16.3. The highest BCUT2D eigenvalue weighted by Gasteiger charge is 2.05. The van der Waals surface area contributed by atoms with Gasteiger partial charge in [0.2, 0.25) is 16.5 Å². The van der Waals surface area contributed by atoms with Gasteiger partial charge in [-0.2, -0.15) is 15.0 Å². The molecule has 0 amide bonds. The zero-order valence-corrected chi connectivity index (χ0v) is 13.4. The van der Waals surface area contributed by atoms with E-state index in [1.54, 1.807) is 19.2 Å². The van der Waals surface area contributed by atoms with Gasteiger partial charge in [-0.3, -0.25) is 0 Å². The molecule has 2 heterocycles. The Kier molecular flexibility index (Phi) is 5.82. The number of rotatable bonds is 2. The fourth-order valence-electron chi connectivity index (χ4n) is 1.27. The van der Waals surface area contributed by atoms with Crippen LogP contribution in [0.15, 0.2) is 30.6 Å². The summed E-state index contributed by atoms with van der Waals surface area (Å²) in [6, 6.07) is 7.18. The molecule has 0 radical (unpaired) electrons. The number of para-hydroxylation sites is 1. The van der Waals surface area contributed by atoms with Crippen LogP contribution >= 0.6 is 34.8 Å². The van der Waals surface area contributed by atoms with Crippen LogP contribution in [0.25, 0.3) is 0 Å². The van der Waals surface area contributed by atoms with Gasteiger partial charge >= 0.3 is 0 Å². The van der Waals surface area contributed by atoms with Crippen molar-refractivity contribution in [1.29, 1.82) is 0 Å². The van der Waals surface area contributed by atoms with E-state index in [9.17, 15) is 0 Å². The van der Waals surface area contributed by atoms with E-state index in [4.69, 9.17) is 34.8 Å². The molecule has 8 nitrogen and oxygen atoms in total. The normalized spacial score (nSPS) is 9.82. The molecule has 3 rings (SSSR count). The SMILES string of the molecule is Clc1nc(Cl)nc(Nc2ccccc2Cl)n1.Cn1cnnn1. The topological polar surface area (TPSA) is 94.3 Å². The van der Waals surface area contributed by atoms with Crippen LogP contribution in [0.3, 0.4) is 0 Å². The Morgan fingerprint density at radius 1 is 1.00 bits per heavy atom. The van der Waals surface area contributed by atoms with Crippen molar-refractivity contribution in [2.24, 2.45) is 7.05 Å². The molecular formula is C11H9Cl3N8. The van der Waals surface area contributed by atoms with E-state index in [0.717, 1.165) is 0 Å². The summed E-state index contributed by atoms with van der Waals surface area (Å²) < 4.78 is 1.53. The van der Waals surface area contributed by atoms with E-state index in [0.29, 0.717) is 10.7 Å². The maximum atomic E-state index is 5.95. The van der Waals surface area contributed by atoms with Crippen LogP contribution in [-0.2, 0) is 7.05 Å². The first-order chi connectivity index (χ1) is 10.5. The highest BCUT2D eigenvalue weighted by molar-refractivity contribution is 6.33. The third-order valence-corrected chi connectivity index (χ3v) is 2.82. The molecule has 0 atom stereocenters. The van der Waals surface area contributed by atoms with E-state index in [2.05, 4.69) is 35.8 Å². The van der Waals surface area contributed by atoms with E-state index < -0.39 is 0 Å². The molecule has 2 aromatic heterocycles. The number of nitrogens with zero attached hydrogens (tertiary/aromatic N) is 7. The van der Waals surface area contributed by atoms with Crippen LogP contribution in [0.2, 0.25) is 15.6 Å². The molecule has 0 aliphatic rings. The summed E-state index contributed by atoms with van der Waals surface area (Å²) in [5.41, 5.74) is 0.669. The number of anilines is 2. The summed E-state index contributed by atoms with van der Waals surface area (Å²) in [5.74, 6) is 0.248. The predicted molar refractivity (Wildman–Crippen MR) is 83.4 cm³/mol. The van der Waals surface area contributed by atoms with Crippen LogP contribution < -0.4 is 5.32 Å². The maximum Gasteiger partial charge on any atom is 0.232 e. The molecule has 0 fully saturated rings. The van der Waals surface area contributed by atoms with Gasteiger partial charge in [0.05, 0.1) is 10.7 Å². The summed E-state index contributed by atoms with van der Waals surface area (Å²) in [5, 5.41) is 13.7. The lowest BCUT2D eigenvalue weighted by molar-refractivity contribution is 0.710. The molecule has 1 N–H and O–H groups in total. The minimum absolute atomic E-state index is 0.0227. The Bertz CT molecular complexity index is 714. The van der Waals surface area contributed by atoms with Crippen LogP contribution in [0, 0.1) is 0 Å². The summed E-state index contributed by atoms with van der Waals surface area (Å²) in [6.45, 7) is 0. The second-order valence-electron chi connectivity index (χ2n) is 3.79. The van der Waals surface area contributed by atoms with Crippen LogP contribution in [0.5, 0.6) is 0 Å². The van der Waals surface area contributed by atoms with Crippen molar-refractivity contribution in [3.8, 4) is 0 Å².